The molecule has 1 aliphatic heterocycles. The first-order valence-electron chi connectivity index (χ1n) is 11.3. The molecule has 2 heterocycles. The zero-order valence-corrected chi connectivity index (χ0v) is 20.9. The first-order valence-corrected chi connectivity index (χ1v) is 12.1. The number of pyridine rings is 1. The smallest absolute Gasteiger partial charge is 0.276 e. The number of hydrogen-bond acceptors (Lipinski definition) is 5. The third-order valence-electron chi connectivity index (χ3n) is 5.90. The van der Waals surface area contributed by atoms with E-state index < -0.39 is 11.8 Å². The van der Waals surface area contributed by atoms with Crippen molar-refractivity contribution in [2.45, 2.75) is 13.3 Å². The van der Waals surface area contributed by atoms with Crippen molar-refractivity contribution in [1.82, 2.24) is 15.8 Å². The fourth-order valence-electron chi connectivity index (χ4n) is 4.08. The highest BCUT2D eigenvalue weighted by Crippen LogP contribution is 2.35. The molecule has 0 saturated heterocycles. The van der Waals surface area contributed by atoms with E-state index in [2.05, 4.69) is 46.9 Å². The molecule has 9 heteroatoms. The van der Waals surface area contributed by atoms with Gasteiger partial charge in [-0.2, -0.15) is 0 Å². The summed E-state index contributed by atoms with van der Waals surface area (Å²) < 4.78 is 5.36. The number of fused-ring (bicyclic) bond motifs is 2. The van der Waals surface area contributed by atoms with Gasteiger partial charge in [-0.05, 0) is 79.1 Å². The van der Waals surface area contributed by atoms with Gasteiger partial charge in [0.05, 0.1) is 10.5 Å². The maximum Gasteiger partial charge on any atom is 0.276 e. The van der Waals surface area contributed by atoms with Gasteiger partial charge in [-0.3, -0.25) is 20.4 Å². The van der Waals surface area contributed by atoms with Crippen molar-refractivity contribution in [3.63, 3.8) is 0 Å². The van der Waals surface area contributed by atoms with Gasteiger partial charge in [0.25, 0.3) is 11.8 Å². The summed E-state index contributed by atoms with van der Waals surface area (Å²) in [7, 11) is 0. The standard InChI is InChI=1S/C27H22Cl2N4O3/c1-16-2-3-18-13-19-10-11-33(26(19)30-23(18)12-16)21-7-4-17(5-8-21)27(35)32-31-25(34)15-36-24-9-6-20(28)14-22(24)29/h2-9,12-14H,10-11,15H2,1H3,(H,31,34)(H,32,35). The van der Waals surface area contributed by atoms with Crippen LogP contribution in [0.5, 0.6) is 5.75 Å². The van der Waals surface area contributed by atoms with Crippen LogP contribution in [0.2, 0.25) is 10.0 Å². The second-order valence-corrected chi connectivity index (χ2v) is 9.33. The summed E-state index contributed by atoms with van der Waals surface area (Å²) in [5, 5.41) is 1.89. The molecule has 182 valence electrons. The minimum atomic E-state index is -0.534. The van der Waals surface area contributed by atoms with Crippen LogP contribution >= 0.6 is 23.2 Å². The molecule has 1 aromatic heterocycles. The molecule has 3 aromatic carbocycles. The molecule has 0 radical (unpaired) electrons. The van der Waals surface area contributed by atoms with E-state index >= 15 is 0 Å². The Kier molecular flexibility index (Phi) is 6.67. The predicted molar refractivity (Wildman–Crippen MR) is 141 cm³/mol. The van der Waals surface area contributed by atoms with Gasteiger partial charge < -0.3 is 9.64 Å². The number of halogens is 2. The molecule has 2 N–H and O–H groups in total. The first-order chi connectivity index (χ1) is 17.4. The van der Waals surface area contributed by atoms with Crippen molar-refractivity contribution >= 4 is 57.4 Å². The summed E-state index contributed by atoms with van der Waals surface area (Å²) in [5.74, 6) is 0.284. The number of hydrogen-bond donors (Lipinski definition) is 2. The third kappa shape index (κ3) is 5.08. The lowest BCUT2D eigenvalue weighted by atomic mass is 10.1. The number of nitrogens with one attached hydrogen (secondary N) is 2. The second-order valence-electron chi connectivity index (χ2n) is 8.48. The Labute approximate surface area is 218 Å². The summed E-state index contributed by atoms with van der Waals surface area (Å²) in [5.41, 5.74) is 9.42. The van der Waals surface area contributed by atoms with Crippen molar-refractivity contribution in [2.24, 2.45) is 0 Å². The van der Waals surface area contributed by atoms with Crippen molar-refractivity contribution in [1.29, 1.82) is 0 Å². The third-order valence-corrected chi connectivity index (χ3v) is 6.43. The first kappa shape index (κ1) is 23.9. The molecule has 2 amide bonds. The summed E-state index contributed by atoms with van der Waals surface area (Å²) in [6.45, 7) is 2.55. The Morgan fingerprint density at radius 1 is 1.00 bits per heavy atom. The largest absolute Gasteiger partial charge is 0.482 e. The lowest BCUT2D eigenvalue weighted by Gasteiger charge is -2.19. The van der Waals surface area contributed by atoms with E-state index in [9.17, 15) is 9.59 Å². The minimum absolute atomic E-state index is 0.290. The molecule has 0 aliphatic carbocycles. The van der Waals surface area contributed by atoms with Crippen LogP contribution in [0.1, 0.15) is 21.5 Å². The number of benzene rings is 3. The van der Waals surface area contributed by atoms with E-state index in [0.29, 0.717) is 21.4 Å². The molecule has 0 saturated carbocycles. The summed E-state index contributed by atoms with van der Waals surface area (Å²) in [6.07, 6.45) is 0.906. The summed E-state index contributed by atoms with van der Waals surface area (Å²) in [4.78, 5) is 31.6. The highest BCUT2D eigenvalue weighted by molar-refractivity contribution is 6.35. The Morgan fingerprint density at radius 3 is 2.58 bits per heavy atom. The van der Waals surface area contributed by atoms with Crippen molar-refractivity contribution in [2.75, 3.05) is 18.1 Å². The van der Waals surface area contributed by atoms with Crippen molar-refractivity contribution < 1.29 is 14.3 Å². The van der Waals surface area contributed by atoms with E-state index in [1.165, 1.54) is 17.2 Å². The maximum absolute atomic E-state index is 12.5. The highest BCUT2D eigenvalue weighted by atomic mass is 35.5. The Morgan fingerprint density at radius 2 is 1.81 bits per heavy atom. The fraction of sp³-hybridized carbons (Fsp3) is 0.148. The average Bonchev–Trinajstić information content (AvgIpc) is 3.28. The van der Waals surface area contributed by atoms with Gasteiger partial charge in [-0.25, -0.2) is 4.98 Å². The molecular weight excluding hydrogens is 499 g/mol. The number of carbonyl (C=O) groups excluding carboxylic acids is 2. The SMILES string of the molecule is Cc1ccc2cc3c(nc2c1)N(c1ccc(C(=O)NNC(=O)COc2ccc(Cl)cc2Cl)cc1)CC3. The van der Waals surface area contributed by atoms with Crippen LogP contribution in [0, 0.1) is 6.92 Å². The van der Waals surface area contributed by atoms with Gasteiger partial charge in [-0.15, -0.1) is 0 Å². The summed E-state index contributed by atoms with van der Waals surface area (Å²) >= 11 is 11.9. The molecule has 0 unspecified atom stereocenters. The summed E-state index contributed by atoms with van der Waals surface area (Å²) in [6, 6.07) is 20.3. The predicted octanol–water partition coefficient (Wildman–Crippen LogP) is 5.38. The van der Waals surface area contributed by atoms with Crippen LogP contribution in [0.25, 0.3) is 10.9 Å². The lowest BCUT2D eigenvalue weighted by molar-refractivity contribution is -0.123. The molecule has 1 aliphatic rings. The number of rotatable bonds is 5. The molecule has 0 spiro atoms. The Balaban J connectivity index is 1.19. The number of anilines is 2. The van der Waals surface area contributed by atoms with Gasteiger partial charge in [0.15, 0.2) is 6.61 Å². The van der Waals surface area contributed by atoms with E-state index in [-0.39, 0.29) is 6.61 Å². The number of hydrazine groups is 1. The zero-order valence-electron chi connectivity index (χ0n) is 19.3. The van der Waals surface area contributed by atoms with Crippen molar-refractivity contribution in [3.05, 3.63) is 93.5 Å². The van der Waals surface area contributed by atoms with E-state index in [1.54, 1.807) is 24.3 Å². The molecule has 4 aromatic rings. The zero-order chi connectivity index (χ0) is 25.2. The molecule has 0 fully saturated rings. The number of ether oxygens (including phenoxy) is 1. The lowest BCUT2D eigenvalue weighted by Crippen LogP contribution is -2.43. The second kappa shape index (κ2) is 10.0. The number of nitrogens with zero attached hydrogens (tertiary/aromatic N) is 2. The fourth-order valence-corrected chi connectivity index (χ4v) is 4.54. The van der Waals surface area contributed by atoms with Crippen LogP contribution in [0.4, 0.5) is 11.5 Å². The number of aromatic nitrogens is 1. The van der Waals surface area contributed by atoms with Gasteiger partial charge in [-0.1, -0.05) is 35.3 Å². The van der Waals surface area contributed by atoms with E-state index in [1.807, 2.05) is 12.1 Å². The molecule has 5 rings (SSSR count). The quantitative estimate of drug-likeness (QED) is 0.345. The van der Waals surface area contributed by atoms with Gasteiger partial charge in [0.1, 0.15) is 11.6 Å². The van der Waals surface area contributed by atoms with E-state index in [0.717, 1.165) is 35.4 Å². The average molecular weight is 521 g/mol. The molecule has 0 atom stereocenters. The highest BCUT2D eigenvalue weighted by Gasteiger charge is 2.23. The number of carbonyl (C=O) groups is 2. The van der Waals surface area contributed by atoms with Crippen LogP contribution in [-0.2, 0) is 11.2 Å². The van der Waals surface area contributed by atoms with Crippen molar-refractivity contribution in [3.8, 4) is 5.75 Å². The Bertz CT molecular complexity index is 1470. The molecule has 36 heavy (non-hydrogen) atoms. The van der Waals surface area contributed by atoms with Crippen LogP contribution in [-0.4, -0.2) is 29.9 Å². The van der Waals surface area contributed by atoms with Crippen LogP contribution < -0.4 is 20.5 Å². The minimum Gasteiger partial charge on any atom is -0.482 e. The number of aryl methyl sites for hydroxylation is 1. The van der Waals surface area contributed by atoms with Gasteiger partial charge in [0, 0.05) is 28.2 Å². The molecular formula is C27H22Cl2N4O3. The van der Waals surface area contributed by atoms with Crippen LogP contribution in [0.3, 0.4) is 0 Å². The Hall–Kier alpha value is -3.81. The van der Waals surface area contributed by atoms with Gasteiger partial charge >= 0.3 is 0 Å². The molecule has 0 bridgehead atoms. The van der Waals surface area contributed by atoms with Crippen LogP contribution in [0.15, 0.2) is 66.7 Å². The molecule has 7 nitrogen and oxygen atoms in total. The van der Waals surface area contributed by atoms with Gasteiger partial charge in [0.2, 0.25) is 0 Å². The topological polar surface area (TPSA) is 83.6 Å². The van der Waals surface area contributed by atoms with E-state index in [4.69, 9.17) is 32.9 Å². The maximum atomic E-state index is 12.5. The monoisotopic (exact) mass is 520 g/mol. The normalized spacial score (nSPS) is 12.4. The number of amides is 2.